The fourth-order valence-electron chi connectivity index (χ4n) is 7.68. The Balaban J connectivity index is 1.40. The molecule has 13 heteroatoms. The first-order chi connectivity index (χ1) is 22.9. The monoisotopic (exact) mass is 662 g/mol. The van der Waals surface area contributed by atoms with Gasteiger partial charge >= 0.3 is 6.01 Å². The SMILES string of the molecule is C#Cc1c(F)ccc2cc(O)cc(-c3c(F)c4nc(OCC5(CN(C)C)CC5)nc(N5CC6CCC(C5)N6)c4c(=O)n3C3CC3(F)F)c12. The second kappa shape index (κ2) is 10.8. The quantitative estimate of drug-likeness (QED) is 0.205. The highest BCUT2D eigenvalue weighted by molar-refractivity contribution is 6.03. The molecular weight excluding hydrogens is 628 g/mol. The maximum absolute atomic E-state index is 17.4. The molecule has 3 atom stereocenters. The third kappa shape index (κ3) is 5.04. The van der Waals surface area contributed by atoms with Crippen molar-refractivity contribution >= 4 is 27.5 Å². The highest BCUT2D eigenvalue weighted by Crippen LogP contribution is 2.54. The lowest BCUT2D eigenvalue weighted by atomic mass is 9.95. The van der Waals surface area contributed by atoms with Gasteiger partial charge in [0.1, 0.15) is 34.3 Å². The van der Waals surface area contributed by atoms with Crippen LogP contribution in [0, 0.1) is 29.4 Å². The fourth-order valence-corrected chi connectivity index (χ4v) is 7.68. The van der Waals surface area contributed by atoms with Gasteiger partial charge in [-0.2, -0.15) is 9.97 Å². The number of benzene rings is 2. The van der Waals surface area contributed by atoms with Crippen LogP contribution in [-0.4, -0.2) is 82.9 Å². The van der Waals surface area contributed by atoms with Crippen LogP contribution in [0.4, 0.5) is 23.4 Å². The number of piperazine rings is 1. The molecule has 48 heavy (non-hydrogen) atoms. The number of phenolic OH excluding ortho intramolecular Hbond substituents is 1. The van der Waals surface area contributed by atoms with Crippen LogP contribution < -0.4 is 20.5 Å². The van der Waals surface area contributed by atoms with Gasteiger partial charge in [-0.25, -0.2) is 17.6 Å². The predicted molar refractivity (Wildman–Crippen MR) is 173 cm³/mol. The van der Waals surface area contributed by atoms with Crippen molar-refractivity contribution < 1.29 is 27.4 Å². The number of hydrogen-bond acceptors (Lipinski definition) is 8. The van der Waals surface area contributed by atoms with E-state index in [2.05, 4.69) is 26.1 Å². The molecule has 9 nitrogen and oxygen atoms in total. The number of ether oxygens (including phenoxy) is 1. The highest BCUT2D eigenvalue weighted by atomic mass is 19.3. The van der Waals surface area contributed by atoms with Gasteiger partial charge < -0.3 is 25.0 Å². The first kappa shape index (κ1) is 30.9. The van der Waals surface area contributed by atoms with Crippen LogP contribution in [-0.2, 0) is 0 Å². The van der Waals surface area contributed by atoms with Crippen LogP contribution in [0.1, 0.15) is 43.7 Å². The van der Waals surface area contributed by atoms with E-state index in [0.717, 1.165) is 48.9 Å². The summed E-state index contributed by atoms with van der Waals surface area (Å²) in [7, 11) is 3.94. The Kier molecular flexibility index (Phi) is 6.95. The van der Waals surface area contributed by atoms with E-state index < -0.39 is 46.8 Å². The van der Waals surface area contributed by atoms with Gasteiger partial charge in [-0.3, -0.25) is 9.36 Å². The number of fused-ring (bicyclic) bond motifs is 4. The molecule has 4 fully saturated rings. The number of nitrogens with one attached hydrogen (secondary N) is 1. The molecule has 0 spiro atoms. The first-order valence-corrected chi connectivity index (χ1v) is 16.1. The molecular formula is C35H34F4N6O3. The second-order valence-corrected chi connectivity index (χ2v) is 14.1. The number of aromatic hydroxyl groups is 1. The number of halogens is 4. The van der Waals surface area contributed by atoms with Crippen molar-refractivity contribution in [3.05, 3.63) is 51.8 Å². The molecule has 0 amide bonds. The van der Waals surface area contributed by atoms with Gasteiger partial charge in [-0.1, -0.05) is 12.0 Å². The minimum absolute atomic E-state index is 0.00513. The maximum atomic E-state index is 17.4. The number of alkyl halides is 2. The summed E-state index contributed by atoms with van der Waals surface area (Å²) in [5.74, 6) is -3.18. The minimum atomic E-state index is -3.31. The van der Waals surface area contributed by atoms with E-state index in [4.69, 9.17) is 11.2 Å². The molecule has 2 aromatic carbocycles. The molecule has 2 aliphatic heterocycles. The molecule has 4 aliphatic rings. The third-order valence-corrected chi connectivity index (χ3v) is 10.1. The Morgan fingerprint density at radius 2 is 1.83 bits per heavy atom. The molecule has 250 valence electrons. The maximum Gasteiger partial charge on any atom is 0.319 e. The van der Waals surface area contributed by atoms with Crippen LogP contribution >= 0.6 is 0 Å². The zero-order valence-electron chi connectivity index (χ0n) is 26.5. The van der Waals surface area contributed by atoms with Gasteiger partial charge in [0.05, 0.1) is 17.9 Å². The molecule has 2 N–H and O–H groups in total. The zero-order chi connectivity index (χ0) is 33.7. The summed E-state index contributed by atoms with van der Waals surface area (Å²) in [5, 5.41) is 14.2. The van der Waals surface area contributed by atoms with Gasteiger partial charge in [0, 0.05) is 54.5 Å². The Morgan fingerprint density at radius 1 is 1.12 bits per heavy atom. The molecule has 3 unspecified atom stereocenters. The smallest absolute Gasteiger partial charge is 0.319 e. The van der Waals surface area contributed by atoms with E-state index in [0.29, 0.717) is 13.1 Å². The lowest BCUT2D eigenvalue weighted by molar-refractivity contribution is 0.100. The van der Waals surface area contributed by atoms with Crippen molar-refractivity contribution in [1.29, 1.82) is 0 Å². The number of phenols is 1. The normalized spacial score (nSPS) is 23.5. The van der Waals surface area contributed by atoms with Crippen molar-refractivity contribution in [3.8, 4) is 35.4 Å². The molecule has 2 aliphatic carbocycles. The van der Waals surface area contributed by atoms with Crippen molar-refractivity contribution in [2.24, 2.45) is 5.41 Å². The second-order valence-electron chi connectivity index (χ2n) is 14.1. The zero-order valence-corrected chi connectivity index (χ0v) is 26.5. The van der Waals surface area contributed by atoms with E-state index in [9.17, 15) is 18.7 Å². The van der Waals surface area contributed by atoms with E-state index >= 15 is 8.78 Å². The number of nitrogens with zero attached hydrogens (tertiary/aromatic N) is 5. The van der Waals surface area contributed by atoms with Crippen LogP contribution in [0.25, 0.3) is 32.9 Å². The number of hydrogen-bond donors (Lipinski definition) is 2. The fraction of sp³-hybridized carbons (Fsp3) is 0.457. The van der Waals surface area contributed by atoms with Crippen LogP contribution in [0.15, 0.2) is 29.1 Å². The van der Waals surface area contributed by atoms with Crippen LogP contribution in [0.3, 0.4) is 0 Å². The third-order valence-electron chi connectivity index (χ3n) is 10.1. The summed E-state index contributed by atoms with van der Waals surface area (Å²) in [5.41, 5.74) is -2.48. The van der Waals surface area contributed by atoms with Crippen LogP contribution in [0.2, 0.25) is 0 Å². The Morgan fingerprint density at radius 3 is 2.46 bits per heavy atom. The molecule has 2 saturated carbocycles. The largest absolute Gasteiger partial charge is 0.508 e. The van der Waals surface area contributed by atoms with Crippen molar-refractivity contribution in [2.45, 2.75) is 56.2 Å². The lowest BCUT2D eigenvalue weighted by Crippen LogP contribution is -2.51. The Labute approximate surface area is 273 Å². The molecule has 2 saturated heterocycles. The summed E-state index contributed by atoms with van der Waals surface area (Å²) in [6, 6.07) is 3.25. The number of terminal acetylenes is 1. The van der Waals surface area contributed by atoms with Gasteiger partial charge in [-0.15, -0.1) is 6.42 Å². The van der Waals surface area contributed by atoms with Crippen LogP contribution in [0.5, 0.6) is 11.8 Å². The Bertz CT molecular complexity index is 2100. The summed E-state index contributed by atoms with van der Waals surface area (Å²) >= 11 is 0. The van der Waals surface area contributed by atoms with Gasteiger partial charge in [0.25, 0.3) is 11.5 Å². The summed E-state index contributed by atoms with van der Waals surface area (Å²) in [6.45, 7) is 1.98. The number of anilines is 1. The van der Waals surface area contributed by atoms with Gasteiger partial charge in [0.15, 0.2) is 5.82 Å². The topological polar surface area (TPSA) is 95.8 Å². The molecule has 2 aromatic heterocycles. The van der Waals surface area contributed by atoms with Crippen molar-refractivity contribution in [2.75, 3.05) is 45.2 Å². The molecule has 4 heterocycles. The average Bonchev–Trinajstić information content (AvgIpc) is 3.91. The predicted octanol–water partition coefficient (Wildman–Crippen LogP) is 4.82. The average molecular weight is 663 g/mol. The lowest BCUT2D eigenvalue weighted by Gasteiger charge is -2.34. The number of pyridine rings is 1. The standard InChI is InChI=1S/C35H34F4N6O3/c1-4-22-24(36)8-5-18-11-21(46)12-23(26(18)22)30-28(37)29-27(32(47)45(30)25-13-35(25,38)39)31(44-14-19-6-7-20(15-44)40-19)42-33(41-29)48-17-34(9-10-34)16-43(2)3/h1,5,8,11-12,19-20,25,40,46H,6-7,9-10,13-17H2,2-3H3. The van der Waals surface area contributed by atoms with Crippen molar-refractivity contribution in [1.82, 2.24) is 24.8 Å². The first-order valence-electron chi connectivity index (χ1n) is 16.1. The molecule has 8 rings (SSSR count). The van der Waals surface area contributed by atoms with Gasteiger partial charge in [-0.05, 0) is 63.4 Å². The number of aromatic nitrogens is 3. The van der Waals surface area contributed by atoms with Crippen molar-refractivity contribution in [3.63, 3.8) is 0 Å². The number of rotatable bonds is 8. The van der Waals surface area contributed by atoms with E-state index in [1.165, 1.54) is 12.1 Å². The van der Waals surface area contributed by atoms with E-state index in [-0.39, 0.29) is 69.0 Å². The molecule has 4 aromatic rings. The summed E-state index contributed by atoms with van der Waals surface area (Å²) in [4.78, 5) is 27.6. The summed E-state index contributed by atoms with van der Waals surface area (Å²) in [6.07, 6.45) is 8.67. The Hall–Kier alpha value is -4.41. The van der Waals surface area contributed by atoms with E-state index in [1.54, 1.807) is 0 Å². The molecule has 2 bridgehead atoms. The minimum Gasteiger partial charge on any atom is -0.508 e. The summed E-state index contributed by atoms with van der Waals surface area (Å²) < 4.78 is 69.2. The van der Waals surface area contributed by atoms with E-state index in [1.807, 2.05) is 19.0 Å². The highest BCUT2D eigenvalue weighted by Gasteiger charge is 2.60. The molecule has 0 radical (unpaired) electrons. The van der Waals surface area contributed by atoms with Gasteiger partial charge in [0.2, 0.25) is 0 Å².